The molecule has 0 saturated carbocycles. The second kappa shape index (κ2) is 5.11. The summed E-state index contributed by atoms with van der Waals surface area (Å²) in [5.74, 6) is -0.0327. The number of halogens is 2. The van der Waals surface area contributed by atoms with Gasteiger partial charge in [-0.1, -0.05) is 0 Å². The van der Waals surface area contributed by atoms with Crippen molar-refractivity contribution in [1.29, 1.82) is 0 Å². The molecule has 0 aromatic heterocycles. The van der Waals surface area contributed by atoms with Crippen LogP contribution in [0.4, 0.5) is 10.1 Å². The molecule has 0 aliphatic rings. The van der Waals surface area contributed by atoms with Gasteiger partial charge in [-0.3, -0.25) is 4.99 Å². The minimum atomic E-state index is -0.326. The van der Waals surface area contributed by atoms with E-state index >= 15 is 0 Å². The molecule has 15 heavy (non-hydrogen) atoms. The smallest absolute Gasteiger partial charge is 0.193 e. The van der Waals surface area contributed by atoms with Crippen molar-refractivity contribution in [1.82, 2.24) is 0 Å². The number of hydrogen-bond acceptors (Lipinski definition) is 1. The normalized spacial score (nSPS) is 11.6. The number of nitrogens with two attached hydrogens (primary N) is 1. The summed E-state index contributed by atoms with van der Waals surface area (Å²) in [5, 5.41) is 2.85. The molecule has 1 rings (SSSR count). The molecule has 0 fully saturated rings. The highest BCUT2D eigenvalue weighted by molar-refractivity contribution is 9.10. The van der Waals surface area contributed by atoms with Crippen molar-refractivity contribution >= 4 is 27.6 Å². The number of hydrogen-bond donors (Lipinski definition) is 2. The highest BCUT2D eigenvalue weighted by Gasteiger charge is 2.05. The predicted molar refractivity (Wildman–Crippen MR) is 64.6 cm³/mol. The molecule has 0 spiro atoms. The summed E-state index contributed by atoms with van der Waals surface area (Å²) in [6.45, 7) is 4.34. The Morgan fingerprint density at radius 3 is 2.87 bits per heavy atom. The molecule has 3 N–H and O–H groups in total. The van der Waals surface area contributed by atoms with E-state index < -0.39 is 0 Å². The topological polar surface area (TPSA) is 50.4 Å². The van der Waals surface area contributed by atoms with Crippen molar-refractivity contribution in [2.24, 2.45) is 10.7 Å². The van der Waals surface area contributed by atoms with Gasteiger partial charge in [-0.15, -0.1) is 0 Å². The van der Waals surface area contributed by atoms with Crippen LogP contribution in [0.15, 0.2) is 21.6 Å². The maximum absolute atomic E-state index is 13.2. The van der Waals surface area contributed by atoms with E-state index in [9.17, 15) is 4.39 Å². The number of guanidine groups is 1. The zero-order chi connectivity index (χ0) is 11.4. The van der Waals surface area contributed by atoms with Gasteiger partial charge in [-0.2, -0.15) is 0 Å². The average molecular weight is 274 g/mol. The Balaban J connectivity index is 2.95. The Bertz CT molecular complexity index is 390. The SMILES string of the molecule is CCN=C(N)Nc1cc(F)c(Br)cc1C. The minimum absolute atomic E-state index is 0.294. The zero-order valence-electron chi connectivity index (χ0n) is 8.64. The third kappa shape index (κ3) is 3.20. The van der Waals surface area contributed by atoms with Gasteiger partial charge in [0.1, 0.15) is 5.82 Å². The first-order valence-electron chi connectivity index (χ1n) is 4.57. The third-order valence-electron chi connectivity index (χ3n) is 1.86. The van der Waals surface area contributed by atoms with E-state index in [-0.39, 0.29) is 5.82 Å². The number of nitrogens with one attached hydrogen (secondary N) is 1. The van der Waals surface area contributed by atoms with E-state index in [1.165, 1.54) is 6.07 Å². The molecule has 3 nitrogen and oxygen atoms in total. The number of nitrogens with zero attached hydrogens (tertiary/aromatic N) is 1. The lowest BCUT2D eigenvalue weighted by Gasteiger charge is -2.09. The molecule has 0 aliphatic carbocycles. The first-order valence-corrected chi connectivity index (χ1v) is 5.36. The number of aryl methyl sites for hydroxylation is 1. The van der Waals surface area contributed by atoms with E-state index in [0.717, 1.165) is 5.56 Å². The summed E-state index contributed by atoms with van der Waals surface area (Å²) in [6, 6.07) is 3.08. The van der Waals surface area contributed by atoms with E-state index in [0.29, 0.717) is 22.7 Å². The predicted octanol–water partition coefficient (Wildman–Crippen LogP) is 2.64. The molecule has 0 heterocycles. The second-order valence-electron chi connectivity index (χ2n) is 3.07. The van der Waals surface area contributed by atoms with Crippen LogP contribution in [0.3, 0.4) is 0 Å². The van der Waals surface area contributed by atoms with Crippen LogP contribution >= 0.6 is 15.9 Å². The second-order valence-corrected chi connectivity index (χ2v) is 3.92. The molecule has 5 heteroatoms. The third-order valence-corrected chi connectivity index (χ3v) is 2.47. The summed E-state index contributed by atoms with van der Waals surface area (Å²) in [7, 11) is 0. The summed E-state index contributed by atoms with van der Waals surface area (Å²) < 4.78 is 13.7. The van der Waals surface area contributed by atoms with E-state index in [1.54, 1.807) is 6.07 Å². The van der Waals surface area contributed by atoms with Gasteiger partial charge < -0.3 is 11.1 Å². The Kier molecular flexibility index (Phi) is 4.08. The number of rotatable bonds is 2. The largest absolute Gasteiger partial charge is 0.370 e. The molecular formula is C10H13BrFN3. The van der Waals surface area contributed by atoms with Crippen LogP contribution in [0.5, 0.6) is 0 Å². The van der Waals surface area contributed by atoms with Crippen LogP contribution in [0.2, 0.25) is 0 Å². The molecule has 1 aromatic rings. The molecule has 0 unspecified atom stereocenters. The van der Waals surface area contributed by atoms with E-state index in [2.05, 4.69) is 26.2 Å². The van der Waals surface area contributed by atoms with Crippen molar-refractivity contribution in [3.05, 3.63) is 28.0 Å². The van der Waals surface area contributed by atoms with Gasteiger partial charge in [0, 0.05) is 12.2 Å². The number of aliphatic imine (C=N–C) groups is 1. The van der Waals surface area contributed by atoms with Gasteiger partial charge in [0.05, 0.1) is 4.47 Å². The maximum atomic E-state index is 13.2. The summed E-state index contributed by atoms with van der Waals surface area (Å²) in [4.78, 5) is 3.96. The fourth-order valence-electron chi connectivity index (χ4n) is 1.13. The Morgan fingerprint density at radius 2 is 2.27 bits per heavy atom. The van der Waals surface area contributed by atoms with Crippen LogP contribution in [0.1, 0.15) is 12.5 Å². The van der Waals surface area contributed by atoms with E-state index in [1.807, 2.05) is 13.8 Å². The van der Waals surface area contributed by atoms with Gasteiger partial charge in [-0.25, -0.2) is 4.39 Å². The van der Waals surface area contributed by atoms with Crippen molar-refractivity contribution in [3.8, 4) is 0 Å². The van der Waals surface area contributed by atoms with Gasteiger partial charge in [0.25, 0.3) is 0 Å². The van der Waals surface area contributed by atoms with Crippen LogP contribution < -0.4 is 11.1 Å². The molecule has 0 atom stereocenters. The lowest BCUT2D eigenvalue weighted by molar-refractivity contribution is 0.621. The Labute approximate surface area is 96.7 Å². The first kappa shape index (κ1) is 12.0. The van der Waals surface area contributed by atoms with Crippen molar-refractivity contribution in [2.75, 3.05) is 11.9 Å². The van der Waals surface area contributed by atoms with Crippen LogP contribution in [-0.4, -0.2) is 12.5 Å². The number of benzene rings is 1. The van der Waals surface area contributed by atoms with Crippen LogP contribution in [0, 0.1) is 12.7 Å². The summed E-state index contributed by atoms with van der Waals surface area (Å²) in [6.07, 6.45) is 0. The standard InChI is InChI=1S/C10H13BrFN3/c1-3-14-10(13)15-9-5-8(12)7(11)4-6(9)2/h4-5H,3H2,1-2H3,(H3,13,14,15). The summed E-state index contributed by atoms with van der Waals surface area (Å²) >= 11 is 3.11. The molecule has 0 radical (unpaired) electrons. The fourth-order valence-corrected chi connectivity index (χ4v) is 1.59. The Hall–Kier alpha value is -1.10. The monoisotopic (exact) mass is 273 g/mol. The highest BCUT2D eigenvalue weighted by Crippen LogP contribution is 2.23. The van der Waals surface area contributed by atoms with Gasteiger partial charge in [-0.05, 0) is 47.5 Å². The molecule has 0 saturated heterocycles. The first-order chi connectivity index (χ1) is 7.04. The quantitative estimate of drug-likeness (QED) is 0.643. The van der Waals surface area contributed by atoms with Gasteiger partial charge in [0.2, 0.25) is 0 Å². The van der Waals surface area contributed by atoms with Crippen molar-refractivity contribution in [3.63, 3.8) is 0 Å². The van der Waals surface area contributed by atoms with Crippen LogP contribution in [0.25, 0.3) is 0 Å². The van der Waals surface area contributed by atoms with E-state index in [4.69, 9.17) is 5.73 Å². The van der Waals surface area contributed by atoms with Crippen molar-refractivity contribution in [2.45, 2.75) is 13.8 Å². The van der Waals surface area contributed by atoms with Crippen molar-refractivity contribution < 1.29 is 4.39 Å². The molecule has 0 aliphatic heterocycles. The zero-order valence-corrected chi connectivity index (χ0v) is 10.2. The summed E-state index contributed by atoms with van der Waals surface area (Å²) in [5.41, 5.74) is 7.11. The highest BCUT2D eigenvalue weighted by atomic mass is 79.9. The van der Waals surface area contributed by atoms with Gasteiger partial charge in [0.15, 0.2) is 5.96 Å². The lowest BCUT2D eigenvalue weighted by Crippen LogP contribution is -2.23. The minimum Gasteiger partial charge on any atom is -0.370 e. The molecule has 1 aromatic carbocycles. The maximum Gasteiger partial charge on any atom is 0.193 e. The molecular weight excluding hydrogens is 261 g/mol. The van der Waals surface area contributed by atoms with Gasteiger partial charge >= 0.3 is 0 Å². The molecule has 0 amide bonds. The van der Waals surface area contributed by atoms with Crippen LogP contribution in [-0.2, 0) is 0 Å². The molecule has 82 valence electrons. The lowest BCUT2D eigenvalue weighted by atomic mass is 10.2. The molecule has 0 bridgehead atoms. The fraction of sp³-hybridized carbons (Fsp3) is 0.300. The Morgan fingerprint density at radius 1 is 1.60 bits per heavy atom. The number of anilines is 1. The average Bonchev–Trinajstić information content (AvgIpc) is 2.14.